The first-order valence-electron chi connectivity index (χ1n) is 4.92. The van der Waals surface area contributed by atoms with Crippen LogP contribution in [0, 0.1) is 5.92 Å². The fraction of sp³-hybridized carbons (Fsp3) is 1.00. The Bertz CT molecular complexity index is 129. The van der Waals surface area contributed by atoms with E-state index in [-0.39, 0.29) is 0 Å². The van der Waals surface area contributed by atoms with E-state index in [1.807, 2.05) is 0 Å². The van der Waals surface area contributed by atoms with Crippen LogP contribution in [0.3, 0.4) is 0 Å². The van der Waals surface area contributed by atoms with Gasteiger partial charge in [0, 0.05) is 18.6 Å². The molecule has 1 rings (SSSR count). The number of hydrogen-bond donors (Lipinski definition) is 0. The van der Waals surface area contributed by atoms with Crippen molar-refractivity contribution >= 4 is 0 Å². The maximum Gasteiger partial charge on any atom is 0.114 e. The minimum atomic E-state index is -0.597. The molecule has 2 atom stereocenters. The molecule has 0 N–H and O–H groups in total. The van der Waals surface area contributed by atoms with Crippen LogP contribution in [-0.4, -0.2) is 29.7 Å². The summed E-state index contributed by atoms with van der Waals surface area (Å²) in [7, 11) is 0. The van der Waals surface area contributed by atoms with Crippen molar-refractivity contribution in [1.29, 1.82) is 0 Å². The van der Waals surface area contributed by atoms with Crippen LogP contribution >= 0.6 is 0 Å². The Hall–Kier alpha value is -0.110. The van der Waals surface area contributed by atoms with Crippen LogP contribution in [0.25, 0.3) is 0 Å². The number of likely N-dealkylation sites (tertiary alicyclic amines) is 1. The van der Waals surface area contributed by atoms with Gasteiger partial charge in [-0.3, -0.25) is 4.90 Å². The molecule has 0 saturated carbocycles. The molecule has 0 bridgehead atoms. The summed E-state index contributed by atoms with van der Waals surface area (Å²) in [6.45, 7) is 9.29. The van der Waals surface area contributed by atoms with Crippen molar-refractivity contribution in [3.63, 3.8) is 0 Å². The van der Waals surface area contributed by atoms with Crippen LogP contribution in [0.4, 0.5) is 4.39 Å². The molecule has 0 radical (unpaired) electrons. The van der Waals surface area contributed by atoms with E-state index in [0.717, 1.165) is 6.42 Å². The maximum absolute atomic E-state index is 13.1. The fourth-order valence-electron chi connectivity index (χ4n) is 2.08. The molecule has 0 spiro atoms. The molecule has 1 fully saturated rings. The van der Waals surface area contributed by atoms with Gasteiger partial charge in [-0.15, -0.1) is 0 Å². The second-order valence-electron chi connectivity index (χ2n) is 4.43. The van der Waals surface area contributed by atoms with Gasteiger partial charge in [0.1, 0.15) is 6.17 Å². The molecule has 0 amide bonds. The highest BCUT2D eigenvalue weighted by Gasteiger charge is 2.34. The molecule has 2 heteroatoms. The normalized spacial score (nSPS) is 32.2. The van der Waals surface area contributed by atoms with Crippen molar-refractivity contribution in [3.05, 3.63) is 0 Å². The topological polar surface area (TPSA) is 3.24 Å². The zero-order chi connectivity index (χ0) is 9.30. The lowest BCUT2D eigenvalue weighted by Crippen LogP contribution is -2.38. The number of halogens is 1. The lowest BCUT2D eigenvalue weighted by Gasteiger charge is -2.30. The third-order valence-electron chi connectivity index (χ3n) is 2.76. The molecular weight excluding hydrogens is 153 g/mol. The first-order chi connectivity index (χ1) is 5.52. The fourth-order valence-corrected chi connectivity index (χ4v) is 2.08. The monoisotopic (exact) mass is 173 g/mol. The summed E-state index contributed by atoms with van der Waals surface area (Å²) in [4.78, 5) is 2.29. The van der Waals surface area contributed by atoms with Gasteiger partial charge in [-0.25, -0.2) is 4.39 Å². The van der Waals surface area contributed by atoms with E-state index in [9.17, 15) is 4.39 Å². The van der Waals surface area contributed by atoms with Crippen molar-refractivity contribution in [2.75, 3.05) is 6.54 Å². The van der Waals surface area contributed by atoms with Crippen LogP contribution in [0.1, 0.15) is 34.1 Å². The molecule has 0 aromatic rings. The van der Waals surface area contributed by atoms with Crippen LogP contribution in [0.5, 0.6) is 0 Å². The third-order valence-corrected chi connectivity index (χ3v) is 2.76. The summed E-state index contributed by atoms with van der Waals surface area (Å²) >= 11 is 0. The molecule has 1 aliphatic rings. The maximum atomic E-state index is 13.1. The summed E-state index contributed by atoms with van der Waals surface area (Å²) in [5.41, 5.74) is 0. The van der Waals surface area contributed by atoms with Crippen molar-refractivity contribution in [3.8, 4) is 0 Å². The van der Waals surface area contributed by atoms with Crippen molar-refractivity contribution in [1.82, 2.24) is 4.90 Å². The van der Waals surface area contributed by atoms with Gasteiger partial charge in [0.2, 0.25) is 0 Å². The summed E-state index contributed by atoms with van der Waals surface area (Å²) in [5.74, 6) is 0.577. The summed E-state index contributed by atoms with van der Waals surface area (Å²) in [6.07, 6.45) is 0.135. The van der Waals surface area contributed by atoms with E-state index in [1.54, 1.807) is 0 Å². The largest absolute Gasteiger partial charge is 0.295 e. The van der Waals surface area contributed by atoms with Gasteiger partial charge < -0.3 is 0 Å². The molecule has 1 aliphatic heterocycles. The summed E-state index contributed by atoms with van der Waals surface area (Å²) < 4.78 is 13.1. The van der Waals surface area contributed by atoms with Gasteiger partial charge >= 0.3 is 0 Å². The van der Waals surface area contributed by atoms with E-state index in [1.165, 1.54) is 0 Å². The molecule has 72 valence electrons. The minimum Gasteiger partial charge on any atom is -0.295 e. The third kappa shape index (κ3) is 1.98. The Morgan fingerprint density at radius 3 is 2.17 bits per heavy atom. The lowest BCUT2D eigenvalue weighted by molar-refractivity contribution is 0.162. The van der Waals surface area contributed by atoms with Gasteiger partial charge in [0.05, 0.1) is 0 Å². The molecule has 12 heavy (non-hydrogen) atoms. The van der Waals surface area contributed by atoms with Crippen LogP contribution in [-0.2, 0) is 0 Å². The summed E-state index contributed by atoms with van der Waals surface area (Å²) in [6, 6.07) is 0.943. The van der Waals surface area contributed by atoms with Crippen molar-refractivity contribution < 1.29 is 4.39 Å². The number of nitrogens with zero attached hydrogens (tertiary/aromatic N) is 1. The van der Waals surface area contributed by atoms with Gasteiger partial charge in [0.25, 0.3) is 0 Å². The average Bonchev–Trinajstić information content (AvgIpc) is 2.31. The average molecular weight is 173 g/mol. The van der Waals surface area contributed by atoms with E-state index in [2.05, 4.69) is 32.6 Å². The van der Waals surface area contributed by atoms with E-state index in [0.29, 0.717) is 24.5 Å². The number of rotatable bonds is 2. The zero-order valence-electron chi connectivity index (χ0n) is 8.55. The number of alkyl halides is 1. The van der Waals surface area contributed by atoms with Gasteiger partial charge in [-0.2, -0.15) is 0 Å². The Labute approximate surface area is 74.9 Å². The standard InChI is InChI=1S/C10H20FN/c1-7(2)10-5-9(11)6-12(10)8(3)4/h7-10H,5-6H2,1-4H3/t9-,10?/m1/s1. The predicted molar refractivity (Wildman–Crippen MR) is 50.0 cm³/mol. The van der Waals surface area contributed by atoms with Crippen LogP contribution in [0.2, 0.25) is 0 Å². The second-order valence-corrected chi connectivity index (χ2v) is 4.43. The highest BCUT2D eigenvalue weighted by molar-refractivity contribution is 4.88. The lowest BCUT2D eigenvalue weighted by atomic mass is 10.0. The highest BCUT2D eigenvalue weighted by Crippen LogP contribution is 2.27. The molecule has 1 nitrogen and oxygen atoms in total. The van der Waals surface area contributed by atoms with E-state index in [4.69, 9.17) is 0 Å². The zero-order valence-corrected chi connectivity index (χ0v) is 8.55. The van der Waals surface area contributed by atoms with Crippen molar-refractivity contribution in [2.24, 2.45) is 5.92 Å². The Kier molecular flexibility index (Phi) is 3.10. The number of hydrogen-bond acceptors (Lipinski definition) is 1. The molecule has 1 saturated heterocycles. The smallest absolute Gasteiger partial charge is 0.114 e. The second kappa shape index (κ2) is 3.73. The van der Waals surface area contributed by atoms with Gasteiger partial charge in [-0.1, -0.05) is 13.8 Å². The molecular formula is C10H20FN. The van der Waals surface area contributed by atoms with E-state index >= 15 is 0 Å². The molecule has 0 aromatic heterocycles. The quantitative estimate of drug-likeness (QED) is 0.620. The van der Waals surface area contributed by atoms with Crippen LogP contribution < -0.4 is 0 Å². The molecule has 1 unspecified atom stereocenters. The minimum absolute atomic E-state index is 0.458. The Morgan fingerprint density at radius 2 is 1.83 bits per heavy atom. The van der Waals surface area contributed by atoms with Crippen LogP contribution in [0.15, 0.2) is 0 Å². The SMILES string of the molecule is CC(C)C1C[C@@H](F)CN1C(C)C. The molecule has 1 heterocycles. The Balaban J connectivity index is 2.59. The Morgan fingerprint density at radius 1 is 1.25 bits per heavy atom. The van der Waals surface area contributed by atoms with Gasteiger partial charge in [0.15, 0.2) is 0 Å². The summed E-state index contributed by atoms with van der Waals surface area (Å²) in [5, 5.41) is 0. The van der Waals surface area contributed by atoms with Gasteiger partial charge in [-0.05, 0) is 26.2 Å². The molecule has 0 aliphatic carbocycles. The van der Waals surface area contributed by atoms with Crippen molar-refractivity contribution in [2.45, 2.75) is 52.4 Å². The molecule has 0 aromatic carbocycles. The first kappa shape index (κ1) is 9.97. The predicted octanol–water partition coefficient (Wildman–Crippen LogP) is 2.46. The van der Waals surface area contributed by atoms with E-state index < -0.39 is 6.17 Å². The highest BCUT2D eigenvalue weighted by atomic mass is 19.1. The first-order valence-corrected chi connectivity index (χ1v) is 4.92.